The maximum atomic E-state index is 13.1. The number of ketones is 1. The molecule has 0 amide bonds. The molecule has 4 rings (SSSR count). The van der Waals surface area contributed by atoms with Crippen LogP contribution in [-0.2, 0) is 6.54 Å². The van der Waals surface area contributed by atoms with Gasteiger partial charge in [0.25, 0.3) is 0 Å². The molecule has 0 spiro atoms. The van der Waals surface area contributed by atoms with Crippen LogP contribution in [0.15, 0.2) is 54.9 Å². The van der Waals surface area contributed by atoms with Gasteiger partial charge in [0, 0.05) is 29.2 Å². The molecule has 0 saturated heterocycles. The number of nitrogens with zero attached hydrogens (tertiary/aromatic N) is 3. The highest BCUT2D eigenvalue weighted by molar-refractivity contribution is 6.16. The summed E-state index contributed by atoms with van der Waals surface area (Å²) in [5.74, 6) is 1.07. The van der Waals surface area contributed by atoms with Crippen molar-refractivity contribution in [3.63, 3.8) is 0 Å². The number of fused-ring (bicyclic) bond motifs is 1. The summed E-state index contributed by atoms with van der Waals surface area (Å²) < 4.78 is 10.5. The van der Waals surface area contributed by atoms with Gasteiger partial charge in [0.05, 0.1) is 20.4 Å². The molecule has 0 saturated carbocycles. The van der Waals surface area contributed by atoms with Gasteiger partial charge in [0.15, 0.2) is 11.5 Å². The van der Waals surface area contributed by atoms with E-state index in [1.54, 1.807) is 20.4 Å². The van der Waals surface area contributed by atoms with E-state index in [1.807, 2.05) is 48.5 Å². The van der Waals surface area contributed by atoms with Gasteiger partial charge < -0.3 is 14.5 Å². The number of hydrogen-bond acceptors (Lipinski definition) is 8. The smallest absolute Gasteiger partial charge is 0.238 e. The maximum absolute atomic E-state index is 13.1. The molecule has 0 aliphatic rings. The second-order valence-electron chi connectivity index (χ2n) is 6.81. The highest BCUT2D eigenvalue weighted by Crippen LogP contribution is 2.27. The number of benzene rings is 2. The highest BCUT2D eigenvalue weighted by atomic mass is 16.5. The molecule has 2 aromatic carbocycles. The van der Waals surface area contributed by atoms with Gasteiger partial charge >= 0.3 is 0 Å². The van der Waals surface area contributed by atoms with E-state index < -0.39 is 0 Å². The lowest BCUT2D eigenvalue weighted by molar-refractivity contribution is 0.103. The third kappa shape index (κ3) is 4.08. The second-order valence-corrected chi connectivity index (χ2v) is 6.81. The minimum absolute atomic E-state index is 0.0302. The Balaban J connectivity index is 1.52. The van der Waals surface area contributed by atoms with Crippen molar-refractivity contribution in [2.45, 2.75) is 6.54 Å². The highest BCUT2D eigenvalue weighted by Gasteiger charge is 2.20. The summed E-state index contributed by atoms with van der Waals surface area (Å²) >= 11 is 0. The van der Waals surface area contributed by atoms with E-state index >= 15 is 0 Å². The van der Waals surface area contributed by atoms with Gasteiger partial charge in [-0.1, -0.05) is 24.3 Å². The van der Waals surface area contributed by atoms with Crippen molar-refractivity contribution >= 4 is 22.6 Å². The quantitative estimate of drug-likeness (QED) is 0.289. The fourth-order valence-corrected chi connectivity index (χ4v) is 3.30. The lowest BCUT2D eigenvalue weighted by Crippen LogP contribution is -2.23. The topological polar surface area (TPSA) is 125 Å². The zero-order chi connectivity index (χ0) is 22.5. The third-order valence-electron chi connectivity index (χ3n) is 4.90. The normalized spacial score (nSPS) is 10.5. The van der Waals surface area contributed by atoms with E-state index in [9.17, 15) is 10.1 Å². The van der Waals surface area contributed by atoms with Gasteiger partial charge in [-0.25, -0.2) is 15.4 Å². The van der Waals surface area contributed by atoms with E-state index in [2.05, 4.69) is 25.8 Å². The Labute approximate surface area is 184 Å². The Morgan fingerprint density at radius 3 is 2.75 bits per heavy atom. The van der Waals surface area contributed by atoms with Crippen LogP contribution in [-0.4, -0.2) is 35.0 Å². The van der Waals surface area contributed by atoms with Crippen LogP contribution in [0.3, 0.4) is 0 Å². The number of aromatic amines is 1. The number of anilines is 1. The first-order valence-electron chi connectivity index (χ1n) is 9.72. The zero-order valence-corrected chi connectivity index (χ0v) is 17.5. The molecule has 9 nitrogen and oxygen atoms in total. The van der Waals surface area contributed by atoms with Gasteiger partial charge in [-0.2, -0.15) is 5.26 Å². The Bertz CT molecular complexity index is 1330. The van der Waals surface area contributed by atoms with Crippen molar-refractivity contribution in [3.8, 4) is 17.6 Å². The van der Waals surface area contributed by atoms with Crippen LogP contribution < -0.4 is 20.3 Å². The minimum atomic E-state index is -0.357. The van der Waals surface area contributed by atoms with Gasteiger partial charge in [0.2, 0.25) is 11.7 Å². The molecule has 32 heavy (non-hydrogen) atoms. The number of methoxy groups -OCH3 is 2. The van der Waals surface area contributed by atoms with Gasteiger partial charge in [-0.05, 0) is 23.8 Å². The SMILES string of the molecule is COc1ccc(CNNc2ncc(C#N)c(C(=O)c3c[nH]c4ccccc34)n2)cc1OC. The number of H-pyrrole nitrogens is 1. The number of nitriles is 1. The molecule has 0 fully saturated rings. The van der Waals surface area contributed by atoms with E-state index in [-0.39, 0.29) is 23.0 Å². The number of hydrazine groups is 1. The maximum Gasteiger partial charge on any atom is 0.238 e. The molecule has 0 unspecified atom stereocenters. The Morgan fingerprint density at radius 2 is 1.97 bits per heavy atom. The number of para-hydroxylation sites is 1. The van der Waals surface area contributed by atoms with E-state index in [0.717, 1.165) is 16.5 Å². The molecule has 2 aromatic heterocycles. The van der Waals surface area contributed by atoms with Crippen LogP contribution in [0.2, 0.25) is 0 Å². The first-order chi connectivity index (χ1) is 15.6. The van der Waals surface area contributed by atoms with Crippen LogP contribution >= 0.6 is 0 Å². The van der Waals surface area contributed by atoms with E-state index in [0.29, 0.717) is 23.6 Å². The summed E-state index contributed by atoms with van der Waals surface area (Å²) in [6.07, 6.45) is 2.95. The van der Waals surface area contributed by atoms with Crippen molar-refractivity contribution in [3.05, 3.63) is 77.2 Å². The van der Waals surface area contributed by atoms with Crippen LogP contribution in [0.25, 0.3) is 10.9 Å². The Kier molecular flexibility index (Phi) is 5.96. The molecule has 2 heterocycles. The molecule has 9 heteroatoms. The number of ether oxygens (including phenoxy) is 2. The lowest BCUT2D eigenvalue weighted by atomic mass is 10.0. The predicted molar refractivity (Wildman–Crippen MR) is 118 cm³/mol. The monoisotopic (exact) mass is 428 g/mol. The average Bonchev–Trinajstić information content (AvgIpc) is 3.27. The first-order valence-corrected chi connectivity index (χ1v) is 9.72. The molecule has 4 aromatic rings. The number of carbonyl (C=O) groups excluding carboxylic acids is 1. The van der Waals surface area contributed by atoms with Gasteiger partial charge in [-0.15, -0.1) is 0 Å². The first kappa shape index (κ1) is 20.8. The van der Waals surface area contributed by atoms with Crippen molar-refractivity contribution in [1.29, 1.82) is 5.26 Å². The predicted octanol–water partition coefficient (Wildman–Crippen LogP) is 3.19. The Morgan fingerprint density at radius 1 is 1.16 bits per heavy atom. The lowest BCUT2D eigenvalue weighted by Gasteiger charge is -2.11. The molecular weight excluding hydrogens is 408 g/mol. The number of carbonyl (C=O) groups is 1. The van der Waals surface area contributed by atoms with Crippen molar-refractivity contribution in [1.82, 2.24) is 20.4 Å². The molecule has 3 N–H and O–H groups in total. The molecule has 160 valence electrons. The molecule has 0 aliphatic heterocycles. The summed E-state index contributed by atoms with van der Waals surface area (Å²) in [6, 6.07) is 15.0. The zero-order valence-electron chi connectivity index (χ0n) is 17.5. The van der Waals surface area contributed by atoms with Crippen LogP contribution in [0.4, 0.5) is 5.95 Å². The van der Waals surface area contributed by atoms with Crippen LogP contribution in [0, 0.1) is 11.3 Å². The summed E-state index contributed by atoms with van der Waals surface area (Å²) in [6.45, 7) is 0.426. The average molecular weight is 428 g/mol. The number of hydrogen-bond donors (Lipinski definition) is 3. The molecule has 0 aliphatic carbocycles. The number of aromatic nitrogens is 3. The summed E-state index contributed by atoms with van der Waals surface area (Å²) in [4.78, 5) is 24.6. The largest absolute Gasteiger partial charge is 0.493 e. The number of rotatable bonds is 8. The van der Waals surface area contributed by atoms with Crippen LogP contribution in [0.1, 0.15) is 27.2 Å². The van der Waals surface area contributed by atoms with Gasteiger partial charge in [0.1, 0.15) is 17.3 Å². The van der Waals surface area contributed by atoms with Crippen LogP contribution in [0.5, 0.6) is 11.5 Å². The van der Waals surface area contributed by atoms with Crippen molar-refractivity contribution in [2.24, 2.45) is 0 Å². The number of nitrogens with one attached hydrogen (secondary N) is 3. The minimum Gasteiger partial charge on any atom is -0.493 e. The van der Waals surface area contributed by atoms with E-state index in [1.165, 1.54) is 6.20 Å². The fourth-order valence-electron chi connectivity index (χ4n) is 3.30. The van der Waals surface area contributed by atoms with Crippen molar-refractivity contribution in [2.75, 3.05) is 19.6 Å². The fraction of sp³-hybridized carbons (Fsp3) is 0.130. The summed E-state index contributed by atoms with van der Waals surface area (Å²) in [7, 11) is 3.15. The molecule has 0 atom stereocenters. The molecular formula is C23H20N6O3. The Hall–Kier alpha value is -4.42. The molecule has 0 bridgehead atoms. The van der Waals surface area contributed by atoms with E-state index in [4.69, 9.17) is 9.47 Å². The summed E-state index contributed by atoms with van der Waals surface area (Å²) in [5.41, 5.74) is 8.22. The van der Waals surface area contributed by atoms with Gasteiger partial charge in [-0.3, -0.25) is 10.2 Å². The third-order valence-corrected chi connectivity index (χ3v) is 4.90. The standard InChI is InChI=1S/C23H20N6O3/c1-31-19-8-7-14(9-20(19)32-2)11-27-29-23-26-12-15(10-24)21(28-23)22(30)17-13-25-18-6-4-3-5-16(17)18/h3-9,12-13,25,27H,11H2,1-2H3,(H,26,28,29). The van der Waals surface area contributed by atoms with Crippen molar-refractivity contribution < 1.29 is 14.3 Å². The second kappa shape index (κ2) is 9.16. The summed E-state index contributed by atoms with van der Waals surface area (Å²) in [5, 5.41) is 10.2. The molecule has 0 radical (unpaired) electrons.